The van der Waals surface area contributed by atoms with Crippen LogP contribution in [-0.4, -0.2) is 24.2 Å². The molecule has 0 bridgehead atoms. The van der Waals surface area contributed by atoms with Crippen molar-refractivity contribution in [3.8, 4) is 5.75 Å². The van der Waals surface area contributed by atoms with Gasteiger partial charge < -0.3 is 15.2 Å². The Labute approximate surface area is 129 Å². The molecule has 1 aliphatic heterocycles. The molecule has 0 saturated heterocycles. The number of aliphatic hydroxyl groups is 1. The number of amides is 1. The fraction of sp³-hybridized carbons (Fsp3) is 0.278. The van der Waals surface area contributed by atoms with Gasteiger partial charge in [-0.15, -0.1) is 0 Å². The van der Waals surface area contributed by atoms with Crippen LogP contribution in [0.3, 0.4) is 0 Å². The molecule has 0 aliphatic carbocycles. The highest BCUT2D eigenvalue weighted by molar-refractivity contribution is 5.94. The van der Waals surface area contributed by atoms with Crippen molar-refractivity contribution in [3.05, 3.63) is 65.2 Å². The third kappa shape index (κ3) is 2.97. The van der Waals surface area contributed by atoms with E-state index < -0.39 is 5.60 Å². The van der Waals surface area contributed by atoms with Crippen LogP contribution in [0.25, 0.3) is 0 Å². The highest BCUT2D eigenvalue weighted by atomic mass is 16.5. The van der Waals surface area contributed by atoms with Gasteiger partial charge in [-0.25, -0.2) is 0 Å². The van der Waals surface area contributed by atoms with Crippen LogP contribution in [0.2, 0.25) is 0 Å². The van der Waals surface area contributed by atoms with Gasteiger partial charge in [-0.3, -0.25) is 4.79 Å². The van der Waals surface area contributed by atoms with Gasteiger partial charge in [0.05, 0.1) is 13.2 Å². The molecule has 4 nitrogen and oxygen atoms in total. The molecule has 2 aromatic rings. The lowest BCUT2D eigenvalue weighted by Crippen LogP contribution is -2.38. The Hall–Kier alpha value is -2.33. The summed E-state index contributed by atoms with van der Waals surface area (Å²) in [6, 6.07) is 14.7. The van der Waals surface area contributed by atoms with Gasteiger partial charge in [0.25, 0.3) is 5.91 Å². The second kappa shape index (κ2) is 5.81. The molecule has 0 aromatic heterocycles. The Morgan fingerprint density at radius 2 is 2.05 bits per heavy atom. The first-order valence-electron chi connectivity index (χ1n) is 7.38. The standard InChI is InChI=1S/C18H19NO3/c1-18(21,15-5-3-2-4-6-15)12-19-17(20)14-7-8-16-13(11-14)9-10-22-16/h2-8,11,21H,9-10,12H2,1H3,(H,19,20). The molecule has 0 spiro atoms. The van der Waals surface area contributed by atoms with Crippen LogP contribution in [-0.2, 0) is 12.0 Å². The van der Waals surface area contributed by atoms with Crippen molar-refractivity contribution in [1.82, 2.24) is 5.32 Å². The minimum atomic E-state index is -1.10. The van der Waals surface area contributed by atoms with Crippen LogP contribution in [0.4, 0.5) is 0 Å². The van der Waals surface area contributed by atoms with Crippen LogP contribution in [0.15, 0.2) is 48.5 Å². The van der Waals surface area contributed by atoms with E-state index in [9.17, 15) is 9.90 Å². The SMILES string of the molecule is CC(O)(CNC(=O)c1ccc2c(c1)CCO2)c1ccccc1. The first-order valence-corrected chi connectivity index (χ1v) is 7.38. The molecule has 2 aromatic carbocycles. The number of ether oxygens (including phenoxy) is 1. The second-order valence-electron chi connectivity index (χ2n) is 5.74. The van der Waals surface area contributed by atoms with Crippen molar-refractivity contribution in [2.45, 2.75) is 18.9 Å². The Morgan fingerprint density at radius 3 is 2.82 bits per heavy atom. The van der Waals surface area contributed by atoms with Crippen molar-refractivity contribution in [3.63, 3.8) is 0 Å². The Morgan fingerprint density at radius 1 is 1.27 bits per heavy atom. The Balaban J connectivity index is 1.67. The number of carbonyl (C=O) groups excluding carboxylic acids is 1. The normalized spacial score (nSPS) is 15.5. The largest absolute Gasteiger partial charge is 0.493 e. The number of rotatable bonds is 4. The number of benzene rings is 2. The molecular weight excluding hydrogens is 278 g/mol. The van der Waals surface area contributed by atoms with E-state index in [4.69, 9.17) is 4.74 Å². The lowest BCUT2D eigenvalue weighted by molar-refractivity contribution is 0.0526. The highest BCUT2D eigenvalue weighted by Crippen LogP contribution is 2.26. The van der Waals surface area contributed by atoms with Gasteiger partial charge in [-0.1, -0.05) is 30.3 Å². The molecule has 2 N–H and O–H groups in total. The zero-order valence-electron chi connectivity index (χ0n) is 12.5. The van der Waals surface area contributed by atoms with Gasteiger partial charge in [0.2, 0.25) is 0 Å². The lowest BCUT2D eigenvalue weighted by atomic mass is 9.96. The smallest absolute Gasteiger partial charge is 0.251 e. The molecule has 4 heteroatoms. The summed E-state index contributed by atoms with van der Waals surface area (Å²) < 4.78 is 5.43. The Kier molecular flexibility index (Phi) is 3.86. The monoisotopic (exact) mass is 297 g/mol. The average molecular weight is 297 g/mol. The van der Waals surface area contributed by atoms with E-state index >= 15 is 0 Å². The van der Waals surface area contributed by atoms with Gasteiger partial charge in [-0.05, 0) is 36.2 Å². The third-order valence-corrected chi connectivity index (χ3v) is 3.94. The zero-order chi connectivity index (χ0) is 15.6. The summed E-state index contributed by atoms with van der Waals surface area (Å²) in [6.07, 6.45) is 0.832. The summed E-state index contributed by atoms with van der Waals surface area (Å²) in [5.74, 6) is 0.665. The lowest BCUT2D eigenvalue weighted by Gasteiger charge is -2.24. The second-order valence-corrected chi connectivity index (χ2v) is 5.74. The highest BCUT2D eigenvalue weighted by Gasteiger charge is 2.24. The summed E-state index contributed by atoms with van der Waals surface area (Å²) in [5.41, 5.74) is 1.32. The topological polar surface area (TPSA) is 58.6 Å². The van der Waals surface area contributed by atoms with E-state index in [1.165, 1.54) is 0 Å². The quantitative estimate of drug-likeness (QED) is 0.910. The molecule has 3 rings (SSSR count). The molecule has 1 aliphatic rings. The fourth-order valence-electron chi connectivity index (χ4n) is 2.58. The summed E-state index contributed by atoms with van der Waals surface area (Å²) in [5, 5.41) is 13.3. The number of fused-ring (bicyclic) bond motifs is 1. The van der Waals surface area contributed by atoms with Gasteiger partial charge in [-0.2, -0.15) is 0 Å². The van der Waals surface area contributed by atoms with Crippen molar-refractivity contribution < 1.29 is 14.6 Å². The van der Waals surface area contributed by atoms with E-state index in [1.54, 1.807) is 13.0 Å². The number of hydrogen-bond donors (Lipinski definition) is 2. The molecule has 1 atom stereocenters. The van der Waals surface area contributed by atoms with Gasteiger partial charge in [0.1, 0.15) is 11.4 Å². The minimum Gasteiger partial charge on any atom is -0.493 e. The van der Waals surface area contributed by atoms with Crippen LogP contribution < -0.4 is 10.1 Å². The minimum absolute atomic E-state index is 0.156. The molecule has 0 radical (unpaired) electrons. The molecule has 114 valence electrons. The number of nitrogens with one attached hydrogen (secondary N) is 1. The van der Waals surface area contributed by atoms with E-state index in [1.807, 2.05) is 42.5 Å². The van der Waals surface area contributed by atoms with Gasteiger partial charge in [0, 0.05) is 12.0 Å². The van der Waals surface area contributed by atoms with Crippen molar-refractivity contribution in [2.75, 3.05) is 13.2 Å². The first kappa shape index (κ1) is 14.6. The van der Waals surface area contributed by atoms with Crippen LogP contribution in [0.5, 0.6) is 5.75 Å². The third-order valence-electron chi connectivity index (χ3n) is 3.94. The predicted molar refractivity (Wildman–Crippen MR) is 84.0 cm³/mol. The van der Waals surface area contributed by atoms with Crippen molar-refractivity contribution >= 4 is 5.91 Å². The maximum absolute atomic E-state index is 12.3. The van der Waals surface area contributed by atoms with Gasteiger partial charge >= 0.3 is 0 Å². The Bertz CT molecular complexity index is 680. The summed E-state index contributed by atoms with van der Waals surface area (Å²) in [7, 11) is 0. The molecule has 0 saturated carbocycles. The summed E-state index contributed by atoms with van der Waals surface area (Å²) in [4.78, 5) is 12.3. The predicted octanol–water partition coefficient (Wildman–Crippen LogP) is 2.26. The molecule has 22 heavy (non-hydrogen) atoms. The van der Waals surface area contributed by atoms with Crippen LogP contribution in [0, 0.1) is 0 Å². The molecular formula is C18H19NO3. The first-order chi connectivity index (χ1) is 10.6. The fourth-order valence-corrected chi connectivity index (χ4v) is 2.58. The van der Waals surface area contributed by atoms with Gasteiger partial charge in [0.15, 0.2) is 0 Å². The molecule has 1 unspecified atom stereocenters. The van der Waals surface area contributed by atoms with E-state index in [0.717, 1.165) is 23.3 Å². The van der Waals surface area contributed by atoms with Crippen LogP contribution in [0.1, 0.15) is 28.4 Å². The summed E-state index contributed by atoms with van der Waals surface area (Å²) >= 11 is 0. The summed E-state index contributed by atoms with van der Waals surface area (Å²) in [6.45, 7) is 2.52. The maximum Gasteiger partial charge on any atom is 0.251 e. The molecule has 0 fully saturated rings. The molecule has 1 heterocycles. The maximum atomic E-state index is 12.3. The molecule has 1 amide bonds. The van der Waals surface area contributed by atoms with E-state index in [-0.39, 0.29) is 12.5 Å². The van der Waals surface area contributed by atoms with E-state index in [0.29, 0.717) is 12.2 Å². The number of hydrogen-bond acceptors (Lipinski definition) is 3. The average Bonchev–Trinajstić information content (AvgIpc) is 3.01. The van der Waals surface area contributed by atoms with Crippen molar-refractivity contribution in [2.24, 2.45) is 0 Å². The van der Waals surface area contributed by atoms with Crippen molar-refractivity contribution in [1.29, 1.82) is 0 Å². The van der Waals surface area contributed by atoms with Crippen LogP contribution >= 0.6 is 0 Å². The number of carbonyl (C=O) groups is 1. The zero-order valence-corrected chi connectivity index (χ0v) is 12.5. The van der Waals surface area contributed by atoms with E-state index in [2.05, 4.69) is 5.32 Å².